The van der Waals surface area contributed by atoms with E-state index in [0.717, 1.165) is 70.2 Å². The summed E-state index contributed by atoms with van der Waals surface area (Å²) in [6, 6.07) is 24.3. The number of hydrogen-bond donors (Lipinski definition) is 0. The number of hydrogen-bond acceptors (Lipinski definition) is 4. The fourth-order valence-corrected chi connectivity index (χ4v) is 6.42. The zero-order chi connectivity index (χ0) is 29.0. The summed E-state index contributed by atoms with van der Waals surface area (Å²) in [6.07, 6.45) is 0.844. The molecule has 0 aromatic heterocycles. The molecular weight excluding hydrogens is 601 g/mol. The van der Waals surface area contributed by atoms with Crippen LogP contribution in [0.25, 0.3) is 0 Å². The average Bonchev–Trinajstić information content (AvgIpc) is 2.99. The van der Waals surface area contributed by atoms with Crippen LogP contribution in [0.5, 0.6) is 0 Å². The number of alkyl halides is 4. The molecule has 1 saturated heterocycles. The predicted molar refractivity (Wildman–Crippen MR) is 175 cm³/mol. The summed E-state index contributed by atoms with van der Waals surface area (Å²) < 4.78 is 15.3. The van der Waals surface area contributed by atoms with Crippen molar-refractivity contribution in [1.82, 2.24) is 9.80 Å². The van der Waals surface area contributed by atoms with Crippen LogP contribution in [0.15, 0.2) is 72.8 Å². The molecule has 0 radical (unpaired) electrons. The third-order valence-corrected chi connectivity index (χ3v) is 8.23. The molecule has 1 heterocycles. The third kappa shape index (κ3) is 8.89. The van der Waals surface area contributed by atoms with Gasteiger partial charge in [0.25, 0.3) is 0 Å². The van der Waals surface area contributed by atoms with E-state index in [2.05, 4.69) is 68.1 Å². The van der Waals surface area contributed by atoms with Crippen molar-refractivity contribution in [2.24, 2.45) is 0 Å². The van der Waals surface area contributed by atoms with E-state index in [1.807, 2.05) is 12.1 Å². The van der Waals surface area contributed by atoms with E-state index in [1.54, 1.807) is 12.1 Å². The lowest BCUT2D eigenvalue weighted by Gasteiger charge is -2.44. The van der Waals surface area contributed by atoms with Crippen LogP contribution in [0, 0.1) is 5.82 Å². The van der Waals surface area contributed by atoms with Crippen LogP contribution in [0.3, 0.4) is 0 Å². The molecule has 3 aromatic rings. The average molecular weight is 641 g/mol. The Labute approximate surface area is 264 Å². The Morgan fingerprint density at radius 1 is 0.610 bits per heavy atom. The van der Waals surface area contributed by atoms with Gasteiger partial charge in [0, 0.05) is 92.8 Å². The van der Waals surface area contributed by atoms with Crippen molar-refractivity contribution in [2.45, 2.75) is 25.7 Å². The number of halogens is 5. The van der Waals surface area contributed by atoms with Crippen molar-refractivity contribution in [3.8, 4) is 0 Å². The second kappa shape index (κ2) is 16.8. The van der Waals surface area contributed by atoms with E-state index in [-0.39, 0.29) is 12.0 Å². The first-order valence-corrected chi connectivity index (χ1v) is 16.4. The van der Waals surface area contributed by atoms with Crippen molar-refractivity contribution >= 4 is 57.8 Å². The summed E-state index contributed by atoms with van der Waals surface area (Å²) >= 11 is 24.0. The molecule has 3 aromatic carbocycles. The first-order valence-electron chi connectivity index (χ1n) is 14.2. The summed E-state index contributed by atoms with van der Waals surface area (Å²) in [5.41, 5.74) is 5.32. The van der Waals surface area contributed by atoms with Gasteiger partial charge < -0.3 is 9.80 Å². The van der Waals surface area contributed by atoms with Crippen molar-refractivity contribution in [2.75, 3.05) is 72.6 Å². The summed E-state index contributed by atoms with van der Waals surface area (Å²) in [5.74, 6) is 2.03. The lowest BCUT2D eigenvalue weighted by molar-refractivity contribution is -0.0111. The molecule has 0 amide bonds. The van der Waals surface area contributed by atoms with Gasteiger partial charge in [0.1, 0.15) is 5.82 Å². The maximum absolute atomic E-state index is 15.3. The molecular formula is C32H39Cl4FN4. The summed E-state index contributed by atoms with van der Waals surface area (Å²) in [6.45, 7) is 6.26. The van der Waals surface area contributed by atoms with Gasteiger partial charge in [-0.3, -0.25) is 9.80 Å². The van der Waals surface area contributed by atoms with E-state index >= 15 is 4.39 Å². The van der Waals surface area contributed by atoms with Crippen molar-refractivity contribution in [3.05, 3.63) is 95.3 Å². The van der Waals surface area contributed by atoms with Crippen molar-refractivity contribution in [3.63, 3.8) is 0 Å². The van der Waals surface area contributed by atoms with Crippen LogP contribution >= 0.6 is 46.4 Å². The van der Waals surface area contributed by atoms with Crippen molar-refractivity contribution in [1.29, 1.82) is 0 Å². The molecule has 0 atom stereocenters. The Morgan fingerprint density at radius 3 is 1.41 bits per heavy atom. The fraction of sp³-hybridized carbons (Fsp3) is 0.438. The molecule has 0 saturated carbocycles. The highest BCUT2D eigenvalue weighted by molar-refractivity contribution is 6.19. The van der Waals surface area contributed by atoms with Crippen LogP contribution in [0.4, 0.5) is 15.8 Å². The van der Waals surface area contributed by atoms with Gasteiger partial charge in [-0.25, -0.2) is 4.39 Å². The van der Waals surface area contributed by atoms with Gasteiger partial charge in [-0.15, -0.1) is 46.4 Å². The summed E-state index contributed by atoms with van der Waals surface area (Å²) in [5, 5.41) is 0. The quantitative estimate of drug-likeness (QED) is 0.157. The normalized spacial score (nSPS) is 14.9. The van der Waals surface area contributed by atoms with Gasteiger partial charge in [0.15, 0.2) is 0 Å². The maximum Gasteiger partial charge on any atom is 0.129 e. The van der Waals surface area contributed by atoms with Gasteiger partial charge >= 0.3 is 0 Å². The van der Waals surface area contributed by atoms with E-state index in [1.165, 1.54) is 11.1 Å². The topological polar surface area (TPSA) is 13.0 Å². The summed E-state index contributed by atoms with van der Waals surface area (Å²) in [4.78, 5) is 9.18. The second-order valence-corrected chi connectivity index (χ2v) is 11.8. The molecule has 222 valence electrons. The molecule has 4 nitrogen and oxygen atoms in total. The van der Waals surface area contributed by atoms with E-state index < -0.39 is 0 Å². The smallest absolute Gasteiger partial charge is 0.129 e. The first kappa shape index (κ1) is 32.2. The largest absolute Gasteiger partial charge is 0.369 e. The Morgan fingerprint density at radius 2 is 1.02 bits per heavy atom. The Balaban J connectivity index is 1.54. The van der Waals surface area contributed by atoms with Crippen LogP contribution < -0.4 is 9.80 Å². The Hall–Kier alpha value is -1.73. The highest BCUT2D eigenvalue weighted by atomic mass is 35.5. The molecule has 0 N–H and O–H groups in total. The van der Waals surface area contributed by atoms with Crippen LogP contribution in [0.2, 0.25) is 0 Å². The number of rotatable bonds is 15. The third-order valence-electron chi connectivity index (χ3n) is 7.56. The predicted octanol–water partition coefficient (Wildman–Crippen LogP) is 7.80. The van der Waals surface area contributed by atoms with Crippen molar-refractivity contribution < 1.29 is 4.39 Å². The molecule has 0 bridgehead atoms. The number of benzene rings is 3. The minimum absolute atomic E-state index is 0.169. The zero-order valence-electron chi connectivity index (χ0n) is 23.4. The molecule has 4 rings (SSSR count). The Bertz CT molecular complexity index is 1100. The van der Waals surface area contributed by atoms with Gasteiger partial charge in [0.2, 0.25) is 0 Å². The van der Waals surface area contributed by atoms with E-state index in [9.17, 15) is 0 Å². The molecule has 9 heteroatoms. The summed E-state index contributed by atoms with van der Waals surface area (Å²) in [7, 11) is 0. The SMILES string of the molecule is Fc1ccccc1C1N(Cc2ccc(N(CCCl)CCCl)cc2)CCCN1Cc1ccc(N(CCCl)CCCl)cc1. The minimum Gasteiger partial charge on any atom is -0.369 e. The van der Waals surface area contributed by atoms with Crippen LogP contribution in [0.1, 0.15) is 29.3 Å². The molecule has 1 aliphatic heterocycles. The lowest BCUT2D eigenvalue weighted by Crippen LogP contribution is -2.47. The van der Waals surface area contributed by atoms with Gasteiger partial charge in [-0.05, 0) is 47.9 Å². The molecule has 0 spiro atoms. The van der Waals surface area contributed by atoms with Gasteiger partial charge in [-0.1, -0.05) is 42.5 Å². The molecule has 0 aliphatic carbocycles. The second-order valence-electron chi connectivity index (χ2n) is 10.3. The molecule has 0 unspecified atom stereocenters. The van der Waals surface area contributed by atoms with Gasteiger partial charge in [-0.2, -0.15) is 0 Å². The zero-order valence-corrected chi connectivity index (χ0v) is 26.4. The maximum atomic E-state index is 15.3. The van der Waals surface area contributed by atoms with E-state index in [0.29, 0.717) is 29.1 Å². The van der Waals surface area contributed by atoms with Crippen LogP contribution in [-0.4, -0.2) is 72.6 Å². The minimum atomic E-state index is -0.171. The monoisotopic (exact) mass is 638 g/mol. The lowest BCUT2D eigenvalue weighted by atomic mass is 10.0. The Kier molecular flexibility index (Phi) is 13.2. The first-order chi connectivity index (χ1) is 20.1. The fourth-order valence-electron chi connectivity index (χ4n) is 5.60. The molecule has 1 fully saturated rings. The number of nitrogens with zero attached hydrogens (tertiary/aromatic N) is 4. The highest BCUT2D eigenvalue weighted by Crippen LogP contribution is 2.34. The van der Waals surface area contributed by atoms with E-state index in [4.69, 9.17) is 46.4 Å². The molecule has 41 heavy (non-hydrogen) atoms. The standard InChI is InChI=1S/C32H39Cl4FN4/c33-14-20-38(21-15-34)28-10-6-26(7-11-28)24-40-18-3-19-41(32(40)30-4-1-2-5-31(30)37)25-27-8-12-29(13-9-27)39(22-16-35)23-17-36/h1-2,4-13,32H,3,14-25H2. The van der Waals surface area contributed by atoms with Crippen LogP contribution in [-0.2, 0) is 13.1 Å². The number of anilines is 2. The highest BCUT2D eigenvalue weighted by Gasteiger charge is 2.32. The van der Waals surface area contributed by atoms with Gasteiger partial charge in [0.05, 0.1) is 6.17 Å². The molecule has 1 aliphatic rings.